The third-order valence-corrected chi connectivity index (χ3v) is 4.30. The van der Waals surface area contributed by atoms with E-state index >= 15 is 0 Å². The molecule has 1 aromatic heterocycles. The molecule has 0 N–H and O–H groups in total. The number of hydrogen-bond donors (Lipinski definition) is 0. The molecular weight excluding hydrogens is 292 g/mol. The van der Waals surface area contributed by atoms with Gasteiger partial charge in [-0.25, -0.2) is 4.79 Å². The van der Waals surface area contributed by atoms with Gasteiger partial charge in [0.2, 0.25) is 0 Å². The van der Waals surface area contributed by atoms with Crippen LogP contribution in [0.25, 0.3) is 11.0 Å². The Kier molecular flexibility index (Phi) is 3.49. The van der Waals surface area contributed by atoms with Gasteiger partial charge in [0.15, 0.2) is 0 Å². The van der Waals surface area contributed by atoms with E-state index in [1.807, 2.05) is 13.8 Å². The van der Waals surface area contributed by atoms with Crippen LogP contribution in [-0.4, -0.2) is 5.97 Å². The highest BCUT2D eigenvalue weighted by Gasteiger charge is 2.40. The fraction of sp³-hybridized carbons (Fsp3) is 0.375. The first-order chi connectivity index (χ1) is 9.95. The molecule has 4 nitrogen and oxygen atoms in total. The number of rotatable bonds is 3. The minimum absolute atomic E-state index is 0.00205. The molecule has 1 fully saturated rings. The van der Waals surface area contributed by atoms with E-state index in [-0.39, 0.29) is 18.5 Å². The number of carbonyl (C=O) groups excluding carboxylic acids is 1. The fourth-order valence-electron chi connectivity index (χ4n) is 2.37. The summed E-state index contributed by atoms with van der Waals surface area (Å²) in [5.74, 6) is 0.191. The summed E-state index contributed by atoms with van der Waals surface area (Å²) in [6.07, 6.45) is 0.877. The first-order valence-electron chi connectivity index (χ1n) is 6.85. The number of benzene rings is 1. The lowest BCUT2D eigenvalue weighted by Gasteiger charge is -2.08. The van der Waals surface area contributed by atoms with Crippen LogP contribution in [0.5, 0.6) is 0 Å². The van der Waals surface area contributed by atoms with Gasteiger partial charge >= 0.3 is 11.6 Å². The smallest absolute Gasteiger partial charge is 0.336 e. The van der Waals surface area contributed by atoms with E-state index in [0.29, 0.717) is 27.5 Å². The maximum absolute atomic E-state index is 11.8. The molecular formula is C16H15ClO4. The second-order valence-electron chi connectivity index (χ2n) is 5.62. The molecule has 3 rings (SSSR count). The number of fused-ring (bicyclic) bond motifs is 1. The third-order valence-electron chi connectivity index (χ3n) is 3.89. The average Bonchev–Trinajstić information content (AvgIpc) is 3.15. The normalized spacial score (nSPS) is 20.5. The van der Waals surface area contributed by atoms with Crippen molar-refractivity contribution in [1.82, 2.24) is 0 Å². The Hall–Kier alpha value is -1.81. The molecule has 1 aromatic carbocycles. The third kappa shape index (κ3) is 2.81. The van der Waals surface area contributed by atoms with Crippen molar-refractivity contribution in [3.05, 3.63) is 44.8 Å². The van der Waals surface area contributed by atoms with Gasteiger partial charge in [0.1, 0.15) is 12.2 Å². The zero-order valence-corrected chi connectivity index (χ0v) is 12.6. The van der Waals surface area contributed by atoms with Crippen LogP contribution in [-0.2, 0) is 16.1 Å². The summed E-state index contributed by atoms with van der Waals surface area (Å²) in [5, 5.41) is 1.28. The molecule has 0 aliphatic heterocycles. The SMILES string of the molecule is Cc1cc2oc(=O)cc(COC(=O)[C@H]3C[C@H]3C)c2cc1Cl. The van der Waals surface area contributed by atoms with Gasteiger partial charge in [0.25, 0.3) is 0 Å². The molecule has 5 heteroatoms. The number of aryl methyl sites for hydroxylation is 1. The van der Waals surface area contributed by atoms with Crippen molar-refractivity contribution in [2.75, 3.05) is 0 Å². The van der Waals surface area contributed by atoms with Crippen LogP contribution in [0.15, 0.2) is 27.4 Å². The monoisotopic (exact) mass is 306 g/mol. The predicted molar refractivity (Wildman–Crippen MR) is 79.3 cm³/mol. The van der Waals surface area contributed by atoms with E-state index in [0.717, 1.165) is 12.0 Å². The van der Waals surface area contributed by atoms with Crippen molar-refractivity contribution in [2.45, 2.75) is 26.9 Å². The molecule has 0 saturated heterocycles. The average molecular weight is 307 g/mol. The van der Waals surface area contributed by atoms with Gasteiger partial charge in [-0.2, -0.15) is 0 Å². The Morgan fingerprint density at radius 1 is 1.43 bits per heavy atom. The zero-order chi connectivity index (χ0) is 15.1. The number of halogens is 1. The standard InChI is InChI=1S/C16H15ClO4/c1-8-3-11(8)16(19)20-7-10-5-15(18)21-14-4-9(2)13(17)6-12(10)14/h4-6,8,11H,3,7H2,1-2H3/t8-,11+/m1/s1. The summed E-state index contributed by atoms with van der Waals surface area (Å²) in [6, 6.07) is 4.79. The first-order valence-corrected chi connectivity index (χ1v) is 7.23. The quantitative estimate of drug-likeness (QED) is 0.644. The molecule has 0 spiro atoms. The number of carbonyl (C=O) groups is 1. The van der Waals surface area contributed by atoms with Gasteiger partial charge in [-0.05, 0) is 37.0 Å². The zero-order valence-electron chi connectivity index (χ0n) is 11.8. The maximum Gasteiger partial charge on any atom is 0.336 e. The second kappa shape index (κ2) is 5.19. The van der Waals surface area contributed by atoms with Gasteiger partial charge in [0.05, 0.1) is 5.92 Å². The van der Waals surface area contributed by atoms with Crippen molar-refractivity contribution in [1.29, 1.82) is 0 Å². The summed E-state index contributed by atoms with van der Waals surface area (Å²) < 4.78 is 10.5. The number of esters is 1. The maximum atomic E-state index is 11.8. The van der Waals surface area contributed by atoms with Crippen LogP contribution in [0.3, 0.4) is 0 Å². The van der Waals surface area contributed by atoms with E-state index in [2.05, 4.69) is 0 Å². The predicted octanol–water partition coefficient (Wildman–Crippen LogP) is 3.45. The van der Waals surface area contributed by atoms with E-state index in [1.165, 1.54) is 6.07 Å². The van der Waals surface area contributed by atoms with Crippen LogP contribution < -0.4 is 5.63 Å². The molecule has 2 aromatic rings. The molecule has 0 bridgehead atoms. The summed E-state index contributed by atoms with van der Waals surface area (Å²) in [6.45, 7) is 3.91. The summed E-state index contributed by atoms with van der Waals surface area (Å²) in [5.41, 5.74) is 1.43. The molecule has 0 unspecified atom stereocenters. The van der Waals surface area contributed by atoms with E-state index in [1.54, 1.807) is 12.1 Å². The molecule has 0 amide bonds. The van der Waals surface area contributed by atoms with Gasteiger partial charge < -0.3 is 9.15 Å². The minimum Gasteiger partial charge on any atom is -0.461 e. The lowest BCUT2D eigenvalue weighted by molar-refractivity contribution is -0.146. The van der Waals surface area contributed by atoms with Crippen LogP contribution >= 0.6 is 11.6 Å². The van der Waals surface area contributed by atoms with E-state index in [4.69, 9.17) is 20.8 Å². The molecule has 1 saturated carbocycles. The van der Waals surface area contributed by atoms with Crippen molar-refractivity contribution < 1.29 is 13.9 Å². The molecule has 21 heavy (non-hydrogen) atoms. The molecule has 1 aliphatic rings. The first kappa shape index (κ1) is 14.1. The Bertz CT molecular complexity index is 778. The molecule has 2 atom stereocenters. The topological polar surface area (TPSA) is 56.5 Å². The van der Waals surface area contributed by atoms with Gasteiger partial charge in [-0.15, -0.1) is 0 Å². The number of ether oxygens (including phenoxy) is 1. The van der Waals surface area contributed by atoms with Gasteiger partial charge in [-0.1, -0.05) is 18.5 Å². The van der Waals surface area contributed by atoms with Gasteiger partial charge in [-0.3, -0.25) is 4.79 Å². The Morgan fingerprint density at radius 3 is 2.81 bits per heavy atom. The highest BCUT2D eigenvalue weighted by Crippen LogP contribution is 2.38. The Labute approximate surface area is 126 Å². The minimum atomic E-state index is -0.463. The lowest BCUT2D eigenvalue weighted by atomic mass is 10.1. The Balaban J connectivity index is 1.92. The highest BCUT2D eigenvalue weighted by atomic mass is 35.5. The molecule has 1 heterocycles. The molecule has 0 radical (unpaired) electrons. The summed E-state index contributed by atoms with van der Waals surface area (Å²) >= 11 is 6.11. The van der Waals surface area contributed by atoms with E-state index < -0.39 is 5.63 Å². The van der Waals surface area contributed by atoms with Crippen LogP contribution in [0, 0.1) is 18.8 Å². The fourth-order valence-corrected chi connectivity index (χ4v) is 2.54. The largest absolute Gasteiger partial charge is 0.461 e. The highest BCUT2D eigenvalue weighted by molar-refractivity contribution is 6.32. The van der Waals surface area contributed by atoms with Crippen molar-refractivity contribution in [3.8, 4) is 0 Å². The lowest BCUT2D eigenvalue weighted by Crippen LogP contribution is -2.09. The summed E-state index contributed by atoms with van der Waals surface area (Å²) in [7, 11) is 0. The van der Waals surface area contributed by atoms with Crippen LogP contribution in [0.2, 0.25) is 5.02 Å². The second-order valence-corrected chi connectivity index (χ2v) is 6.02. The van der Waals surface area contributed by atoms with Gasteiger partial charge in [0, 0.05) is 22.0 Å². The van der Waals surface area contributed by atoms with Crippen molar-refractivity contribution in [3.63, 3.8) is 0 Å². The number of hydrogen-bond acceptors (Lipinski definition) is 4. The molecule has 1 aliphatic carbocycles. The van der Waals surface area contributed by atoms with Crippen LogP contribution in [0.1, 0.15) is 24.5 Å². The molecule has 110 valence electrons. The van der Waals surface area contributed by atoms with Crippen LogP contribution in [0.4, 0.5) is 0 Å². The Morgan fingerprint density at radius 2 is 2.14 bits per heavy atom. The van der Waals surface area contributed by atoms with Crippen molar-refractivity contribution in [2.24, 2.45) is 11.8 Å². The van der Waals surface area contributed by atoms with E-state index in [9.17, 15) is 9.59 Å². The summed E-state index contributed by atoms with van der Waals surface area (Å²) in [4.78, 5) is 23.4. The van der Waals surface area contributed by atoms with Crippen molar-refractivity contribution >= 4 is 28.5 Å².